The van der Waals surface area contributed by atoms with Gasteiger partial charge in [-0.3, -0.25) is 4.79 Å². The SMILES string of the molecule is COC(=O)c1cccc(NC(=O)c2cccc(Cl)c2)c1O. The van der Waals surface area contributed by atoms with Crippen LogP contribution in [0.5, 0.6) is 5.75 Å². The van der Waals surface area contributed by atoms with Crippen LogP contribution < -0.4 is 5.32 Å². The number of carbonyl (C=O) groups excluding carboxylic acids is 2. The molecule has 0 aromatic heterocycles. The Bertz CT molecular complexity index is 700. The third-order valence-electron chi connectivity index (χ3n) is 2.78. The van der Waals surface area contributed by atoms with Crippen molar-refractivity contribution in [3.63, 3.8) is 0 Å². The lowest BCUT2D eigenvalue weighted by Crippen LogP contribution is -2.13. The van der Waals surface area contributed by atoms with Crippen LogP contribution in [0.2, 0.25) is 5.02 Å². The summed E-state index contributed by atoms with van der Waals surface area (Å²) in [5.74, 6) is -1.49. The second-order valence-electron chi connectivity index (χ2n) is 4.16. The minimum atomic E-state index is -0.689. The third-order valence-corrected chi connectivity index (χ3v) is 3.01. The van der Waals surface area contributed by atoms with Crippen molar-refractivity contribution < 1.29 is 19.4 Å². The van der Waals surface area contributed by atoms with Crippen molar-refractivity contribution in [2.75, 3.05) is 12.4 Å². The molecule has 6 heteroatoms. The summed E-state index contributed by atoms with van der Waals surface area (Å²) in [6.45, 7) is 0. The Kier molecular flexibility index (Phi) is 4.45. The lowest BCUT2D eigenvalue weighted by Gasteiger charge is -2.10. The number of esters is 1. The van der Waals surface area contributed by atoms with Crippen LogP contribution in [-0.4, -0.2) is 24.1 Å². The molecule has 0 bridgehead atoms. The Balaban J connectivity index is 2.28. The highest BCUT2D eigenvalue weighted by Crippen LogP contribution is 2.28. The molecular weight excluding hydrogens is 294 g/mol. The van der Waals surface area contributed by atoms with Gasteiger partial charge in [-0.1, -0.05) is 23.7 Å². The van der Waals surface area contributed by atoms with Crippen molar-refractivity contribution in [1.82, 2.24) is 0 Å². The second-order valence-corrected chi connectivity index (χ2v) is 4.59. The van der Waals surface area contributed by atoms with E-state index >= 15 is 0 Å². The molecule has 0 heterocycles. The number of methoxy groups -OCH3 is 1. The first-order valence-corrected chi connectivity index (χ1v) is 6.38. The molecule has 0 aliphatic rings. The number of anilines is 1. The third kappa shape index (κ3) is 3.32. The van der Waals surface area contributed by atoms with Gasteiger partial charge in [0.05, 0.1) is 12.8 Å². The summed E-state index contributed by atoms with van der Waals surface area (Å²) in [4.78, 5) is 23.5. The fraction of sp³-hybridized carbons (Fsp3) is 0.0667. The molecule has 0 unspecified atom stereocenters. The summed E-state index contributed by atoms with van der Waals surface area (Å²) in [6.07, 6.45) is 0. The van der Waals surface area contributed by atoms with Crippen molar-refractivity contribution in [2.24, 2.45) is 0 Å². The highest BCUT2D eigenvalue weighted by molar-refractivity contribution is 6.31. The molecular formula is C15H12ClNO4. The van der Waals surface area contributed by atoms with Crippen molar-refractivity contribution >= 4 is 29.2 Å². The van der Waals surface area contributed by atoms with Crippen molar-refractivity contribution in [3.8, 4) is 5.75 Å². The Morgan fingerprint density at radius 3 is 2.57 bits per heavy atom. The van der Waals surface area contributed by atoms with Gasteiger partial charge in [0.2, 0.25) is 0 Å². The Morgan fingerprint density at radius 1 is 1.19 bits per heavy atom. The van der Waals surface area contributed by atoms with Crippen LogP contribution in [0.1, 0.15) is 20.7 Å². The van der Waals surface area contributed by atoms with E-state index in [4.69, 9.17) is 11.6 Å². The quantitative estimate of drug-likeness (QED) is 0.675. The highest BCUT2D eigenvalue weighted by Gasteiger charge is 2.16. The summed E-state index contributed by atoms with van der Waals surface area (Å²) in [7, 11) is 1.21. The molecule has 1 amide bonds. The van der Waals surface area contributed by atoms with Gasteiger partial charge in [-0.05, 0) is 30.3 Å². The average Bonchev–Trinajstić information content (AvgIpc) is 2.48. The van der Waals surface area contributed by atoms with E-state index in [9.17, 15) is 14.7 Å². The topological polar surface area (TPSA) is 75.6 Å². The molecule has 2 rings (SSSR count). The summed E-state index contributed by atoms with van der Waals surface area (Å²) in [5.41, 5.74) is 0.426. The van der Waals surface area contributed by atoms with Crippen LogP contribution in [0.15, 0.2) is 42.5 Å². The van der Waals surface area contributed by atoms with Gasteiger partial charge in [-0.2, -0.15) is 0 Å². The first kappa shape index (κ1) is 14.9. The number of para-hydroxylation sites is 1. The minimum absolute atomic E-state index is 0.0265. The molecule has 0 spiro atoms. The van der Waals surface area contributed by atoms with Gasteiger partial charge in [0.1, 0.15) is 5.56 Å². The largest absolute Gasteiger partial charge is 0.505 e. The van der Waals surface area contributed by atoms with Gasteiger partial charge in [0, 0.05) is 10.6 Å². The maximum atomic E-state index is 12.1. The standard InChI is InChI=1S/C15H12ClNO4/c1-21-15(20)11-6-3-7-12(13(11)18)17-14(19)9-4-2-5-10(16)8-9/h2-8,18H,1H3,(H,17,19). The Labute approximate surface area is 126 Å². The van der Waals surface area contributed by atoms with Crippen LogP contribution >= 0.6 is 11.6 Å². The molecule has 2 aromatic rings. The number of halogens is 1. The molecule has 0 aliphatic heterocycles. The van der Waals surface area contributed by atoms with Gasteiger partial charge in [-0.25, -0.2) is 4.79 Å². The monoisotopic (exact) mass is 305 g/mol. The van der Waals surface area contributed by atoms with Crippen LogP contribution in [0.3, 0.4) is 0 Å². The average molecular weight is 306 g/mol. The number of benzene rings is 2. The Morgan fingerprint density at radius 2 is 1.90 bits per heavy atom. The van der Waals surface area contributed by atoms with Gasteiger partial charge >= 0.3 is 5.97 Å². The maximum absolute atomic E-state index is 12.1. The number of amides is 1. The number of hydrogen-bond donors (Lipinski definition) is 2. The predicted octanol–water partition coefficient (Wildman–Crippen LogP) is 3.08. The number of hydrogen-bond acceptors (Lipinski definition) is 4. The summed E-state index contributed by atoms with van der Waals surface area (Å²) in [5, 5.41) is 12.9. The molecule has 0 aliphatic carbocycles. The van der Waals surface area contributed by atoms with Gasteiger partial charge < -0.3 is 15.2 Å². The summed E-state index contributed by atoms with van der Waals surface area (Å²) >= 11 is 5.82. The molecule has 0 saturated heterocycles. The molecule has 0 atom stereocenters. The molecule has 0 saturated carbocycles. The molecule has 0 fully saturated rings. The van der Waals surface area contributed by atoms with E-state index in [-0.39, 0.29) is 17.0 Å². The van der Waals surface area contributed by atoms with Crippen LogP contribution in [0.25, 0.3) is 0 Å². The second kappa shape index (κ2) is 6.28. The van der Waals surface area contributed by atoms with E-state index in [2.05, 4.69) is 10.1 Å². The van der Waals surface area contributed by atoms with Crippen molar-refractivity contribution in [1.29, 1.82) is 0 Å². The predicted molar refractivity (Wildman–Crippen MR) is 78.9 cm³/mol. The van der Waals surface area contributed by atoms with Crippen LogP contribution in [0.4, 0.5) is 5.69 Å². The minimum Gasteiger partial charge on any atom is -0.505 e. The van der Waals surface area contributed by atoms with Crippen LogP contribution in [-0.2, 0) is 4.74 Å². The zero-order valence-electron chi connectivity index (χ0n) is 11.1. The fourth-order valence-corrected chi connectivity index (χ4v) is 1.93. The van der Waals surface area contributed by atoms with Crippen molar-refractivity contribution in [2.45, 2.75) is 0 Å². The highest BCUT2D eigenvalue weighted by atomic mass is 35.5. The zero-order chi connectivity index (χ0) is 15.4. The lowest BCUT2D eigenvalue weighted by atomic mass is 10.1. The van der Waals surface area contributed by atoms with E-state index in [0.29, 0.717) is 10.6 Å². The molecule has 5 nitrogen and oxygen atoms in total. The first-order valence-electron chi connectivity index (χ1n) is 6.00. The number of nitrogens with one attached hydrogen (secondary N) is 1. The van der Waals surface area contributed by atoms with Gasteiger partial charge in [0.25, 0.3) is 5.91 Å². The number of ether oxygens (including phenoxy) is 1. The van der Waals surface area contributed by atoms with Gasteiger partial charge in [-0.15, -0.1) is 0 Å². The number of rotatable bonds is 3. The van der Waals surface area contributed by atoms with E-state index in [0.717, 1.165) is 0 Å². The fourth-order valence-electron chi connectivity index (χ4n) is 1.74. The number of phenols is 1. The van der Waals surface area contributed by atoms with E-state index < -0.39 is 11.9 Å². The van der Waals surface area contributed by atoms with Crippen LogP contribution in [0, 0.1) is 0 Å². The first-order chi connectivity index (χ1) is 10.0. The normalized spacial score (nSPS) is 10.0. The molecule has 108 valence electrons. The zero-order valence-corrected chi connectivity index (χ0v) is 11.8. The summed E-state index contributed by atoms with van der Waals surface area (Å²) < 4.78 is 4.55. The molecule has 2 N–H and O–H groups in total. The maximum Gasteiger partial charge on any atom is 0.341 e. The molecule has 0 radical (unpaired) electrons. The smallest absolute Gasteiger partial charge is 0.341 e. The lowest BCUT2D eigenvalue weighted by molar-refractivity contribution is 0.0597. The summed E-state index contributed by atoms with van der Waals surface area (Å²) in [6, 6.07) is 10.8. The number of carbonyl (C=O) groups is 2. The molecule has 21 heavy (non-hydrogen) atoms. The number of phenolic OH excluding ortho intramolecular Hbond substituents is 1. The van der Waals surface area contributed by atoms with Crippen molar-refractivity contribution in [3.05, 3.63) is 58.6 Å². The van der Waals surface area contributed by atoms with Gasteiger partial charge in [0.15, 0.2) is 5.75 Å². The molecule has 2 aromatic carbocycles. The Hall–Kier alpha value is -2.53. The van der Waals surface area contributed by atoms with E-state index in [1.165, 1.54) is 31.4 Å². The van der Waals surface area contributed by atoms with E-state index in [1.54, 1.807) is 18.2 Å². The number of aromatic hydroxyl groups is 1. The van der Waals surface area contributed by atoms with E-state index in [1.807, 2.05) is 0 Å².